The summed E-state index contributed by atoms with van der Waals surface area (Å²) in [5.74, 6) is 2.02. The largest absolute Gasteiger partial charge is 0.462 e. The maximum absolute atomic E-state index is 11.9. The van der Waals surface area contributed by atoms with E-state index in [4.69, 9.17) is 9.84 Å². The first-order valence-corrected chi connectivity index (χ1v) is 10.4. The standard InChI is InChI=1S/C22H32O4/c1-21-10-7-15(24)13-14(21)3-4-16-17-5-6-19(26-20(25)9-12-23)22(17,2)11-8-18(16)21/h13,16-19,23H,3-12H2,1-2H3/t16-,17-,18-,19+,21-,22-/m0/s1. The van der Waals surface area contributed by atoms with Gasteiger partial charge in [0.2, 0.25) is 0 Å². The Balaban J connectivity index is 1.55. The topological polar surface area (TPSA) is 63.6 Å². The molecule has 0 bridgehead atoms. The van der Waals surface area contributed by atoms with Crippen LogP contribution in [0.1, 0.15) is 71.6 Å². The second-order valence-electron chi connectivity index (χ2n) is 9.54. The van der Waals surface area contributed by atoms with Crippen LogP contribution in [0.5, 0.6) is 0 Å². The van der Waals surface area contributed by atoms with E-state index in [2.05, 4.69) is 13.8 Å². The molecule has 0 amide bonds. The fourth-order valence-corrected chi connectivity index (χ4v) is 7.01. The summed E-state index contributed by atoms with van der Waals surface area (Å²) in [6, 6.07) is 0. The van der Waals surface area contributed by atoms with Crippen molar-refractivity contribution in [1.29, 1.82) is 0 Å². The van der Waals surface area contributed by atoms with Gasteiger partial charge in [0.1, 0.15) is 6.10 Å². The number of allylic oxidation sites excluding steroid dienone is 1. The Labute approximate surface area is 156 Å². The summed E-state index contributed by atoms with van der Waals surface area (Å²) in [6.45, 7) is 4.59. The zero-order valence-corrected chi connectivity index (χ0v) is 16.1. The second-order valence-corrected chi connectivity index (χ2v) is 9.54. The monoisotopic (exact) mass is 360 g/mol. The van der Waals surface area contributed by atoms with Crippen LogP contribution >= 0.6 is 0 Å². The quantitative estimate of drug-likeness (QED) is 0.777. The van der Waals surface area contributed by atoms with Crippen LogP contribution in [0.15, 0.2) is 11.6 Å². The Kier molecular flexibility index (Phi) is 4.53. The average molecular weight is 360 g/mol. The third kappa shape index (κ3) is 2.67. The summed E-state index contributed by atoms with van der Waals surface area (Å²) in [6.07, 6.45) is 10.4. The predicted octanol–water partition coefficient (Wildman–Crippen LogP) is 3.81. The Morgan fingerprint density at radius 1 is 1.15 bits per heavy atom. The first kappa shape index (κ1) is 18.2. The Bertz CT molecular complexity index is 638. The molecular formula is C22H32O4. The maximum Gasteiger partial charge on any atom is 0.308 e. The zero-order chi connectivity index (χ0) is 18.5. The van der Waals surface area contributed by atoms with Crippen molar-refractivity contribution in [2.24, 2.45) is 28.6 Å². The number of carbonyl (C=O) groups is 2. The maximum atomic E-state index is 11.9. The number of esters is 1. The van der Waals surface area contributed by atoms with Gasteiger partial charge in [0.25, 0.3) is 0 Å². The molecule has 3 saturated carbocycles. The summed E-state index contributed by atoms with van der Waals surface area (Å²) < 4.78 is 5.79. The Morgan fingerprint density at radius 2 is 1.96 bits per heavy atom. The Morgan fingerprint density at radius 3 is 2.73 bits per heavy atom. The minimum Gasteiger partial charge on any atom is -0.462 e. The van der Waals surface area contributed by atoms with Gasteiger partial charge in [-0.15, -0.1) is 0 Å². The van der Waals surface area contributed by atoms with Gasteiger partial charge in [0.05, 0.1) is 13.0 Å². The van der Waals surface area contributed by atoms with Crippen molar-refractivity contribution in [3.63, 3.8) is 0 Å². The lowest BCUT2D eigenvalue weighted by molar-refractivity contribution is -0.160. The van der Waals surface area contributed by atoms with E-state index in [1.165, 1.54) is 18.4 Å². The van der Waals surface area contributed by atoms with Crippen molar-refractivity contribution < 1.29 is 19.4 Å². The smallest absolute Gasteiger partial charge is 0.308 e. The number of hydrogen-bond donors (Lipinski definition) is 1. The summed E-state index contributed by atoms with van der Waals surface area (Å²) in [4.78, 5) is 23.9. The van der Waals surface area contributed by atoms with Crippen LogP contribution in [0.4, 0.5) is 0 Å². The molecule has 0 aromatic carbocycles. The van der Waals surface area contributed by atoms with Gasteiger partial charge in [-0.2, -0.15) is 0 Å². The molecule has 0 radical (unpaired) electrons. The van der Waals surface area contributed by atoms with Crippen LogP contribution in [0, 0.1) is 28.6 Å². The van der Waals surface area contributed by atoms with Gasteiger partial charge in [-0.3, -0.25) is 9.59 Å². The van der Waals surface area contributed by atoms with E-state index in [0.717, 1.165) is 32.1 Å². The number of ketones is 1. The first-order chi connectivity index (χ1) is 12.4. The van der Waals surface area contributed by atoms with Crippen molar-refractivity contribution in [2.45, 2.75) is 77.7 Å². The van der Waals surface area contributed by atoms with Crippen molar-refractivity contribution in [1.82, 2.24) is 0 Å². The molecule has 144 valence electrons. The van der Waals surface area contributed by atoms with Crippen LogP contribution in [0.25, 0.3) is 0 Å². The minimum absolute atomic E-state index is 0.00480. The third-order valence-electron chi connectivity index (χ3n) is 8.46. The van der Waals surface area contributed by atoms with E-state index in [9.17, 15) is 9.59 Å². The molecule has 4 heteroatoms. The van der Waals surface area contributed by atoms with Crippen LogP contribution in [-0.4, -0.2) is 29.6 Å². The van der Waals surface area contributed by atoms with E-state index in [0.29, 0.717) is 30.0 Å². The molecule has 26 heavy (non-hydrogen) atoms. The number of rotatable bonds is 3. The molecule has 0 aliphatic heterocycles. The highest BCUT2D eigenvalue weighted by Gasteiger charge is 2.59. The van der Waals surface area contributed by atoms with Crippen LogP contribution in [0.3, 0.4) is 0 Å². The summed E-state index contributed by atoms with van der Waals surface area (Å²) in [5, 5.41) is 8.99. The molecule has 1 N–H and O–H groups in total. The van der Waals surface area contributed by atoms with Crippen LogP contribution in [0.2, 0.25) is 0 Å². The van der Waals surface area contributed by atoms with E-state index < -0.39 is 0 Å². The molecular weight excluding hydrogens is 328 g/mol. The van der Waals surface area contributed by atoms with Crippen LogP contribution in [-0.2, 0) is 14.3 Å². The number of ether oxygens (including phenoxy) is 1. The molecule has 0 heterocycles. The summed E-state index contributed by atoms with van der Waals surface area (Å²) in [5.41, 5.74) is 1.68. The minimum atomic E-state index is -0.256. The highest BCUT2D eigenvalue weighted by molar-refractivity contribution is 5.91. The molecule has 4 nitrogen and oxygen atoms in total. The molecule has 0 aromatic rings. The van der Waals surface area contributed by atoms with Gasteiger partial charge in [0, 0.05) is 11.8 Å². The van der Waals surface area contributed by atoms with E-state index in [-0.39, 0.29) is 35.9 Å². The lowest BCUT2D eigenvalue weighted by Gasteiger charge is -2.57. The summed E-state index contributed by atoms with van der Waals surface area (Å²) in [7, 11) is 0. The molecule has 0 aromatic heterocycles. The number of aliphatic hydroxyl groups is 1. The number of carbonyl (C=O) groups excluding carboxylic acids is 2. The van der Waals surface area contributed by atoms with Gasteiger partial charge in [-0.25, -0.2) is 0 Å². The molecule has 0 spiro atoms. The average Bonchev–Trinajstić information content (AvgIpc) is 2.92. The molecule has 4 aliphatic carbocycles. The third-order valence-corrected chi connectivity index (χ3v) is 8.46. The van der Waals surface area contributed by atoms with Gasteiger partial charge >= 0.3 is 5.97 Å². The fraction of sp³-hybridized carbons (Fsp3) is 0.818. The number of hydrogen-bond acceptors (Lipinski definition) is 4. The van der Waals surface area contributed by atoms with Gasteiger partial charge in [0.15, 0.2) is 5.78 Å². The number of aliphatic hydroxyl groups excluding tert-OH is 1. The number of fused-ring (bicyclic) bond motifs is 5. The Hall–Kier alpha value is -1.16. The highest BCUT2D eigenvalue weighted by Crippen LogP contribution is 2.65. The molecule has 3 fully saturated rings. The SMILES string of the molecule is C[C@]12CC[C@H]3[C@@H](CCC4=CC(=O)CC[C@@]43C)[C@@H]1CC[C@H]2OC(=O)CCO. The van der Waals surface area contributed by atoms with Crippen molar-refractivity contribution in [3.05, 3.63) is 11.6 Å². The zero-order valence-electron chi connectivity index (χ0n) is 16.1. The van der Waals surface area contributed by atoms with Gasteiger partial charge in [-0.05, 0) is 74.2 Å². The van der Waals surface area contributed by atoms with Gasteiger partial charge in [-0.1, -0.05) is 19.4 Å². The lowest BCUT2D eigenvalue weighted by Crippen LogP contribution is -2.51. The fourth-order valence-electron chi connectivity index (χ4n) is 7.01. The van der Waals surface area contributed by atoms with Crippen molar-refractivity contribution in [2.75, 3.05) is 6.61 Å². The van der Waals surface area contributed by atoms with Gasteiger partial charge < -0.3 is 9.84 Å². The molecule has 4 aliphatic rings. The molecule has 0 saturated heterocycles. The molecule has 4 rings (SSSR count). The predicted molar refractivity (Wildman–Crippen MR) is 98.3 cm³/mol. The van der Waals surface area contributed by atoms with E-state index in [1.807, 2.05) is 6.08 Å². The molecule has 6 atom stereocenters. The highest BCUT2D eigenvalue weighted by atomic mass is 16.5. The lowest BCUT2D eigenvalue weighted by atomic mass is 9.47. The van der Waals surface area contributed by atoms with Crippen molar-refractivity contribution in [3.8, 4) is 0 Å². The second kappa shape index (κ2) is 6.47. The molecule has 0 unspecified atom stereocenters. The summed E-state index contributed by atoms with van der Waals surface area (Å²) >= 11 is 0. The van der Waals surface area contributed by atoms with Crippen LogP contribution < -0.4 is 0 Å². The van der Waals surface area contributed by atoms with E-state index in [1.54, 1.807) is 0 Å². The normalized spacial score (nSPS) is 44.6. The van der Waals surface area contributed by atoms with E-state index >= 15 is 0 Å². The first-order valence-electron chi connectivity index (χ1n) is 10.4. The van der Waals surface area contributed by atoms with Crippen molar-refractivity contribution >= 4 is 11.8 Å².